The van der Waals surface area contributed by atoms with Gasteiger partial charge in [0.15, 0.2) is 0 Å². The second-order valence-corrected chi connectivity index (χ2v) is 4.42. The first-order valence-electron chi connectivity index (χ1n) is 6.24. The van der Waals surface area contributed by atoms with Gasteiger partial charge in [-0.25, -0.2) is 0 Å². The molecule has 19 heavy (non-hydrogen) atoms. The minimum Gasteiger partial charge on any atom is -0.465 e. The molecule has 1 aromatic rings. The van der Waals surface area contributed by atoms with Gasteiger partial charge < -0.3 is 15.4 Å². The molecule has 0 fully saturated rings. The van der Waals surface area contributed by atoms with Crippen LogP contribution in [0.4, 0.5) is 5.69 Å². The zero-order valence-corrected chi connectivity index (χ0v) is 12.1. The second kappa shape index (κ2) is 7.68. The lowest BCUT2D eigenvalue weighted by Crippen LogP contribution is -2.33. The first-order valence-corrected chi connectivity index (χ1v) is 6.65. The molecule has 1 rings (SSSR count). The third-order valence-corrected chi connectivity index (χ3v) is 2.74. The summed E-state index contributed by atoms with van der Waals surface area (Å²) >= 11 is 5.02. The molecule has 0 bridgehead atoms. The van der Waals surface area contributed by atoms with Crippen molar-refractivity contribution in [3.63, 3.8) is 0 Å². The lowest BCUT2D eigenvalue weighted by atomic mass is 10.2. The van der Waals surface area contributed by atoms with E-state index < -0.39 is 0 Å². The van der Waals surface area contributed by atoms with E-state index in [2.05, 4.69) is 4.98 Å². The highest BCUT2D eigenvalue weighted by Gasteiger charge is 2.16. The topological polar surface area (TPSA) is 68.5 Å². The summed E-state index contributed by atoms with van der Waals surface area (Å²) in [7, 11) is 0. The lowest BCUT2D eigenvalue weighted by Gasteiger charge is -2.24. The molecule has 0 aliphatic heterocycles. The number of carbonyl (C=O) groups excluding carboxylic acids is 1. The number of ether oxygens (including phenoxy) is 1. The summed E-state index contributed by atoms with van der Waals surface area (Å²) in [4.78, 5) is 17.9. The van der Waals surface area contributed by atoms with Gasteiger partial charge in [-0.2, -0.15) is 0 Å². The van der Waals surface area contributed by atoms with Crippen LogP contribution in [-0.2, 0) is 9.53 Å². The number of hydrogen-bond acceptors (Lipinski definition) is 5. The maximum absolute atomic E-state index is 11.6. The Kier molecular flexibility index (Phi) is 6.21. The number of anilines is 1. The van der Waals surface area contributed by atoms with Crippen LogP contribution >= 0.6 is 12.2 Å². The van der Waals surface area contributed by atoms with E-state index >= 15 is 0 Å². The molecular weight excluding hydrogens is 262 g/mol. The summed E-state index contributed by atoms with van der Waals surface area (Å²) in [6.07, 6.45) is 4.20. The van der Waals surface area contributed by atoms with Crippen molar-refractivity contribution < 1.29 is 9.53 Å². The second-order valence-electron chi connectivity index (χ2n) is 3.98. The Morgan fingerprint density at radius 2 is 2.26 bits per heavy atom. The molecule has 0 atom stereocenters. The van der Waals surface area contributed by atoms with E-state index in [4.69, 9.17) is 22.7 Å². The lowest BCUT2D eigenvalue weighted by molar-refractivity contribution is -0.141. The first kappa shape index (κ1) is 15.4. The van der Waals surface area contributed by atoms with E-state index in [0.717, 1.165) is 17.7 Å². The SMILES string of the molecule is CCCN(CC(=O)OCC)c1cnccc1C(N)=S. The summed E-state index contributed by atoms with van der Waals surface area (Å²) in [5.74, 6) is -0.270. The third kappa shape index (κ3) is 4.48. The van der Waals surface area contributed by atoms with Gasteiger partial charge in [-0.1, -0.05) is 19.1 Å². The molecule has 0 aliphatic carbocycles. The summed E-state index contributed by atoms with van der Waals surface area (Å²) in [5, 5.41) is 0. The fourth-order valence-electron chi connectivity index (χ4n) is 1.76. The maximum atomic E-state index is 11.6. The number of aromatic nitrogens is 1. The van der Waals surface area contributed by atoms with Crippen molar-refractivity contribution >= 4 is 28.9 Å². The van der Waals surface area contributed by atoms with Crippen LogP contribution in [0.5, 0.6) is 0 Å². The van der Waals surface area contributed by atoms with E-state index in [1.807, 2.05) is 11.8 Å². The summed E-state index contributed by atoms with van der Waals surface area (Å²) in [6, 6.07) is 1.76. The van der Waals surface area contributed by atoms with Gasteiger partial charge in [0.2, 0.25) is 0 Å². The fourth-order valence-corrected chi connectivity index (χ4v) is 1.94. The van der Waals surface area contributed by atoms with Crippen molar-refractivity contribution in [1.29, 1.82) is 0 Å². The van der Waals surface area contributed by atoms with Crippen LogP contribution in [-0.4, -0.2) is 35.6 Å². The highest BCUT2D eigenvalue weighted by Crippen LogP contribution is 2.19. The molecule has 0 aromatic carbocycles. The van der Waals surface area contributed by atoms with Gasteiger partial charge in [0.1, 0.15) is 11.5 Å². The van der Waals surface area contributed by atoms with Gasteiger partial charge in [0, 0.05) is 18.3 Å². The molecular formula is C13H19N3O2S. The van der Waals surface area contributed by atoms with Crippen molar-refractivity contribution in [2.24, 2.45) is 5.73 Å². The van der Waals surface area contributed by atoms with Crippen molar-refractivity contribution in [2.75, 3.05) is 24.6 Å². The Morgan fingerprint density at radius 3 is 2.84 bits per heavy atom. The minimum absolute atomic E-state index is 0.170. The van der Waals surface area contributed by atoms with Gasteiger partial charge in [0.05, 0.1) is 18.5 Å². The van der Waals surface area contributed by atoms with Crippen molar-refractivity contribution in [3.8, 4) is 0 Å². The molecule has 0 spiro atoms. The molecule has 6 heteroatoms. The Hall–Kier alpha value is -1.69. The van der Waals surface area contributed by atoms with Crippen LogP contribution in [0.1, 0.15) is 25.8 Å². The monoisotopic (exact) mass is 281 g/mol. The predicted molar refractivity (Wildman–Crippen MR) is 79.3 cm³/mol. The van der Waals surface area contributed by atoms with Crippen LogP contribution in [0.3, 0.4) is 0 Å². The number of nitrogens with zero attached hydrogens (tertiary/aromatic N) is 2. The highest BCUT2D eigenvalue weighted by atomic mass is 32.1. The minimum atomic E-state index is -0.270. The van der Waals surface area contributed by atoms with Gasteiger partial charge in [-0.15, -0.1) is 0 Å². The van der Waals surface area contributed by atoms with E-state index in [0.29, 0.717) is 18.1 Å². The molecule has 2 N–H and O–H groups in total. The summed E-state index contributed by atoms with van der Waals surface area (Å²) in [5.41, 5.74) is 7.19. The number of nitrogens with two attached hydrogens (primary N) is 1. The molecule has 0 radical (unpaired) electrons. The Bertz CT molecular complexity index is 451. The number of carbonyl (C=O) groups is 1. The van der Waals surface area contributed by atoms with Crippen LogP contribution in [0.2, 0.25) is 0 Å². The molecule has 0 aliphatic rings. The standard InChI is InChI=1S/C13H19N3O2S/c1-3-7-16(9-12(17)18-4-2)11-8-15-6-5-10(11)13(14)19/h5-6,8H,3-4,7,9H2,1-2H3,(H2,14,19). The normalized spacial score (nSPS) is 10.0. The molecule has 5 nitrogen and oxygen atoms in total. The zero-order valence-electron chi connectivity index (χ0n) is 11.3. The zero-order chi connectivity index (χ0) is 14.3. The molecule has 0 unspecified atom stereocenters. The van der Waals surface area contributed by atoms with Gasteiger partial charge >= 0.3 is 5.97 Å². The number of esters is 1. The largest absolute Gasteiger partial charge is 0.465 e. The molecule has 0 saturated heterocycles. The van der Waals surface area contributed by atoms with Crippen LogP contribution in [0.15, 0.2) is 18.5 Å². The van der Waals surface area contributed by atoms with E-state index in [-0.39, 0.29) is 12.5 Å². The van der Waals surface area contributed by atoms with Crippen LogP contribution < -0.4 is 10.6 Å². The van der Waals surface area contributed by atoms with E-state index in [1.54, 1.807) is 25.4 Å². The number of thiocarbonyl (C=S) groups is 1. The van der Waals surface area contributed by atoms with E-state index in [1.165, 1.54) is 0 Å². The molecule has 0 amide bonds. The summed E-state index contributed by atoms with van der Waals surface area (Å²) < 4.78 is 4.98. The van der Waals surface area contributed by atoms with E-state index in [9.17, 15) is 4.79 Å². The number of hydrogen-bond donors (Lipinski definition) is 1. The Morgan fingerprint density at radius 1 is 1.53 bits per heavy atom. The van der Waals surface area contributed by atoms with Crippen LogP contribution in [0, 0.1) is 0 Å². The quantitative estimate of drug-likeness (QED) is 0.603. The molecule has 1 aromatic heterocycles. The highest BCUT2D eigenvalue weighted by molar-refractivity contribution is 7.80. The van der Waals surface area contributed by atoms with Crippen molar-refractivity contribution in [2.45, 2.75) is 20.3 Å². The smallest absolute Gasteiger partial charge is 0.325 e. The Labute approximate surface area is 118 Å². The van der Waals surface area contributed by atoms with Gasteiger partial charge in [0.25, 0.3) is 0 Å². The molecule has 104 valence electrons. The average Bonchev–Trinajstić information content (AvgIpc) is 2.38. The van der Waals surface area contributed by atoms with Gasteiger partial charge in [-0.05, 0) is 19.4 Å². The predicted octanol–water partition coefficient (Wildman–Crippen LogP) is 1.50. The fraction of sp³-hybridized carbons (Fsp3) is 0.462. The maximum Gasteiger partial charge on any atom is 0.325 e. The Balaban J connectivity index is 2.98. The van der Waals surface area contributed by atoms with Crippen molar-refractivity contribution in [3.05, 3.63) is 24.0 Å². The number of rotatable bonds is 7. The average molecular weight is 281 g/mol. The first-order chi connectivity index (χ1) is 9.10. The van der Waals surface area contributed by atoms with Crippen LogP contribution in [0.25, 0.3) is 0 Å². The summed E-state index contributed by atoms with van der Waals surface area (Å²) in [6.45, 7) is 5.07. The van der Waals surface area contributed by atoms with Crippen molar-refractivity contribution in [1.82, 2.24) is 4.98 Å². The van der Waals surface area contributed by atoms with Gasteiger partial charge in [-0.3, -0.25) is 9.78 Å². The molecule has 1 heterocycles. The number of pyridine rings is 1. The third-order valence-electron chi connectivity index (χ3n) is 2.52. The molecule has 0 saturated carbocycles.